The van der Waals surface area contributed by atoms with Gasteiger partial charge in [0.2, 0.25) is 0 Å². The Morgan fingerprint density at radius 1 is 1.21 bits per heavy atom. The average Bonchev–Trinajstić information content (AvgIpc) is 3.23. The molecule has 152 valence electrons. The van der Waals surface area contributed by atoms with Crippen molar-refractivity contribution in [3.8, 4) is 11.3 Å². The number of halogens is 2. The molecule has 1 N–H and O–H groups in total. The minimum absolute atomic E-state index is 0. The number of amides is 1. The van der Waals surface area contributed by atoms with E-state index in [1.165, 1.54) is 18.6 Å². The maximum atomic E-state index is 13.5. The Bertz CT molecular complexity index is 1050. The molecule has 0 aliphatic carbocycles. The standard InChI is InChI=1S/C21H21FN4O2.ClH/c1-12-19-17(21(27)26-9-8-15-6-7-16(11-26)23-15)10-18(24-20(19)28-25-12)13-2-4-14(22)5-3-13;/h2-5,10,15-16,23H,6-9,11H2,1H3;1H. The van der Waals surface area contributed by atoms with Crippen molar-refractivity contribution in [2.24, 2.45) is 0 Å². The molecule has 2 aromatic heterocycles. The number of hydrogen-bond donors (Lipinski definition) is 1. The van der Waals surface area contributed by atoms with Crippen LogP contribution in [0.1, 0.15) is 35.3 Å². The molecule has 5 rings (SSSR count). The van der Waals surface area contributed by atoms with E-state index in [4.69, 9.17) is 4.52 Å². The van der Waals surface area contributed by atoms with Crippen LogP contribution in [-0.2, 0) is 0 Å². The number of nitrogens with zero attached hydrogens (tertiary/aromatic N) is 3. The number of carbonyl (C=O) groups excluding carboxylic acids is 1. The first-order valence-electron chi connectivity index (χ1n) is 9.67. The SMILES string of the molecule is Cc1noc2nc(-c3ccc(F)cc3)cc(C(=O)N3CCC4CCC(C3)N4)c12.Cl. The number of benzene rings is 1. The fourth-order valence-corrected chi connectivity index (χ4v) is 4.33. The van der Waals surface area contributed by atoms with Crippen LogP contribution in [0.2, 0.25) is 0 Å². The number of carbonyl (C=O) groups is 1. The average molecular weight is 417 g/mol. The van der Waals surface area contributed by atoms with Gasteiger partial charge in [0.15, 0.2) is 0 Å². The second kappa shape index (κ2) is 7.72. The molecule has 1 amide bonds. The molecule has 2 aliphatic heterocycles. The Morgan fingerprint density at radius 3 is 2.76 bits per heavy atom. The maximum Gasteiger partial charge on any atom is 0.259 e. The Balaban J connectivity index is 0.00000205. The van der Waals surface area contributed by atoms with Gasteiger partial charge in [-0.25, -0.2) is 9.37 Å². The van der Waals surface area contributed by atoms with E-state index in [1.807, 2.05) is 11.8 Å². The summed E-state index contributed by atoms with van der Waals surface area (Å²) in [6, 6.07) is 8.70. The van der Waals surface area contributed by atoms with Crippen molar-refractivity contribution in [2.45, 2.75) is 38.3 Å². The smallest absolute Gasteiger partial charge is 0.259 e. The van der Waals surface area contributed by atoms with Crippen LogP contribution in [0.4, 0.5) is 4.39 Å². The summed E-state index contributed by atoms with van der Waals surface area (Å²) in [6.07, 6.45) is 3.25. The molecule has 4 heterocycles. The predicted octanol–water partition coefficient (Wildman–Crippen LogP) is 3.73. The van der Waals surface area contributed by atoms with Gasteiger partial charge in [0.25, 0.3) is 11.6 Å². The van der Waals surface area contributed by atoms with Crippen molar-refractivity contribution >= 4 is 29.4 Å². The minimum Gasteiger partial charge on any atom is -0.337 e. The second-order valence-electron chi connectivity index (χ2n) is 7.69. The molecule has 1 aromatic carbocycles. The van der Waals surface area contributed by atoms with Crippen molar-refractivity contribution < 1.29 is 13.7 Å². The van der Waals surface area contributed by atoms with E-state index in [1.54, 1.807) is 18.2 Å². The van der Waals surface area contributed by atoms with E-state index in [9.17, 15) is 9.18 Å². The Kier molecular flexibility index (Phi) is 5.27. The van der Waals surface area contributed by atoms with Gasteiger partial charge in [-0.2, -0.15) is 0 Å². The largest absolute Gasteiger partial charge is 0.337 e. The first-order valence-corrected chi connectivity index (χ1v) is 9.67. The number of nitrogens with one attached hydrogen (secondary N) is 1. The fourth-order valence-electron chi connectivity index (χ4n) is 4.33. The van der Waals surface area contributed by atoms with Gasteiger partial charge in [0.1, 0.15) is 5.82 Å². The van der Waals surface area contributed by atoms with Gasteiger partial charge < -0.3 is 14.7 Å². The fraction of sp³-hybridized carbons (Fsp3) is 0.381. The molecule has 2 atom stereocenters. The van der Waals surface area contributed by atoms with E-state index >= 15 is 0 Å². The molecule has 2 aliphatic rings. The van der Waals surface area contributed by atoms with Crippen molar-refractivity contribution in [1.82, 2.24) is 20.4 Å². The number of aryl methyl sites for hydroxylation is 1. The van der Waals surface area contributed by atoms with Crippen LogP contribution < -0.4 is 5.32 Å². The molecule has 8 heteroatoms. The van der Waals surface area contributed by atoms with E-state index in [0.29, 0.717) is 46.7 Å². The zero-order chi connectivity index (χ0) is 19.3. The molecule has 0 radical (unpaired) electrons. The molecule has 3 aromatic rings. The highest BCUT2D eigenvalue weighted by molar-refractivity contribution is 6.07. The van der Waals surface area contributed by atoms with Crippen LogP contribution in [0.5, 0.6) is 0 Å². The summed E-state index contributed by atoms with van der Waals surface area (Å²) in [5, 5.41) is 8.26. The summed E-state index contributed by atoms with van der Waals surface area (Å²) >= 11 is 0. The minimum atomic E-state index is -0.316. The Labute approximate surface area is 173 Å². The summed E-state index contributed by atoms with van der Waals surface area (Å²) in [5.74, 6) is -0.347. The number of rotatable bonds is 2. The highest BCUT2D eigenvalue weighted by Gasteiger charge is 2.32. The van der Waals surface area contributed by atoms with Gasteiger partial charge in [0.05, 0.1) is 22.3 Å². The van der Waals surface area contributed by atoms with Crippen LogP contribution in [-0.4, -0.2) is 46.1 Å². The summed E-state index contributed by atoms with van der Waals surface area (Å²) < 4.78 is 18.7. The predicted molar refractivity (Wildman–Crippen MR) is 110 cm³/mol. The lowest BCUT2D eigenvalue weighted by atomic mass is 10.0. The van der Waals surface area contributed by atoms with Gasteiger partial charge in [-0.05, 0) is 56.5 Å². The van der Waals surface area contributed by atoms with Crippen LogP contribution in [0.3, 0.4) is 0 Å². The van der Waals surface area contributed by atoms with Crippen molar-refractivity contribution in [2.75, 3.05) is 13.1 Å². The van der Waals surface area contributed by atoms with E-state index < -0.39 is 0 Å². The zero-order valence-electron chi connectivity index (χ0n) is 16.0. The molecule has 6 nitrogen and oxygen atoms in total. The highest BCUT2D eigenvalue weighted by atomic mass is 35.5. The molecule has 0 spiro atoms. The van der Waals surface area contributed by atoms with E-state index in [-0.39, 0.29) is 24.1 Å². The lowest BCUT2D eigenvalue weighted by molar-refractivity contribution is 0.0750. The molecule has 2 bridgehead atoms. The Morgan fingerprint density at radius 2 is 1.97 bits per heavy atom. The number of likely N-dealkylation sites (tertiary alicyclic amines) is 1. The van der Waals surface area contributed by atoms with Gasteiger partial charge in [-0.3, -0.25) is 4.79 Å². The number of aromatic nitrogens is 2. The third-order valence-corrected chi connectivity index (χ3v) is 5.80. The number of hydrogen-bond acceptors (Lipinski definition) is 5. The van der Waals surface area contributed by atoms with Gasteiger partial charge >= 0.3 is 0 Å². The van der Waals surface area contributed by atoms with Crippen LogP contribution in [0, 0.1) is 12.7 Å². The monoisotopic (exact) mass is 416 g/mol. The second-order valence-corrected chi connectivity index (χ2v) is 7.69. The van der Waals surface area contributed by atoms with E-state index in [0.717, 1.165) is 24.9 Å². The summed E-state index contributed by atoms with van der Waals surface area (Å²) in [5.41, 5.74) is 2.81. The van der Waals surface area contributed by atoms with Crippen LogP contribution >= 0.6 is 12.4 Å². The van der Waals surface area contributed by atoms with E-state index in [2.05, 4.69) is 15.5 Å². The van der Waals surface area contributed by atoms with Crippen LogP contribution in [0.15, 0.2) is 34.9 Å². The third kappa shape index (κ3) is 3.60. The zero-order valence-corrected chi connectivity index (χ0v) is 16.8. The molecular weight excluding hydrogens is 395 g/mol. The molecule has 2 unspecified atom stereocenters. The summed E-state index contributed by atoms with van der Waals surface area (Å²) in [4.78, 5) is 19.9. The summed E-state index contributed by atoms with van der Waals surface area (Å²) in [6.45, 7) is 3.25. The Hall–Kier alpha value is -2.51. The molecule has 2 saturated heterocycles. The van der Waals surface area contributed by atoms with Crippen molar-refractivity contribution in [3.05, 3.63) is 47.4 Å². The number of pyridine rings is 1. The van der Waals surface area contributed by atoms with Crippen LogP contribution in [0.25, 0.3) is 22.4 Å². The quantitative estimate of drug-likeness (QED) is 0.689. The topological polar surface area (TPSA) is 71.3 Å². The maximum absolute atomic E-state index is 13.5. The number of fused-ring (bicyclic) bond motifs is 3. The highest BCUT2D eigenvalue weighted by Crippen LogP contribution is 2.29. The lowest BCUT2D eigenvalue weighted by Gasteiger charge is -2.24. The van der Waals surface area contributed by atoms with Gasteiger partial charge in [-0.15, -0.1) is 12.4 Å². The molecule has 2 fully saturated rings. The first-order chi connectivity index (χ1) is 13.6. The normalized spacial score (nSPS) is 21.1. The summed E-state index contributed by atoms with van der Waals surface area (Å²) in [7, 11) is 0. The van der Waals surface area contributed by atoms with Gasteiger partial charge in [0, 0.05) is 30.7 Å². The molecule has 0 saturated carbocycles. The van der Waals surface area contributed by atoms with Gasteiger partial charge in [-0.1, -0.05) is 5.16 Å². The molecule has 29 heavy (non-hydrogen) atoms. The first kappa shape index (κ1) is 19.8. The lowest BCUT2D eigenvalue weighted by Crippen LogP contribution is -2.39. The molecular formula is C21H22ClFN4O2. The van der Waals surface area contributed by atoms with Crippen molar-refractivity contribution in [3.63, 3.8) is 0 Å². The third-order valence-electron chi connectivity index (χ3n) is 5.80. The van der Waals surface area contributed by atoms with Crippen molar-refractivity contribution in [1.29, 1.82) is 0 Å².